The molecule has 1 amide bonds. The van der Waals surface area contributed by atoms with Crippen molar-refractivity contribution in [3.63, 3.8) is 0 Å². The van der Waals surface area contributed by atoms with Crippen LogP contribution in [0.5, 0.6) is 0 Å². The minimum atomic E-state index is -0.477. The molecule has 0 bridgehead atoms. The van der Waals surface area contributed by atoms with Gasteiger partial charge in [0.25, 0.3) is 5.91 Å². The van der Waals surface area contributed by atoms with Crippen LogP contribution < -0.4 is 10.6 Å². The monoisotopic (exact) mass is 283 g/mol. The van der Waals surface area contributed by atoms with Gasteiger partial charge in [0, 0.05) is 18.2 Å². The predicted octanol–water partition coefficient (Wildman–Crippen LogP) is 1.77. The molecule has 19 heavy (non-hydrogen) atoms. The van der Waals surface area contributed by atoms with Crippen molar-refractivity contribution >= 4 is 22.2 Å². The number of carbonyl (C=O) groups is 1. The maximum atomic E-state index is 12.1. The summed E-state index contributed by atoms with van der Waals surface area (Å²) in [4.78, 5) is 22.6. The molecule has 0 radical (unpaired) electrons. The molecule has 7 heteroatoms. The van der Waals surface area contributed by atoms with Crippen molar-refractivity contribution in [2.24, 2.45) is 5.92 Å². The van der Waals surface area contributed by atoms with Gasteiger partial charge in [-0.25, -0.2) is 0 Å². The van der Waals surface area contributed by atoms with E-state index in [-0.39, 0.29) is 23.0 Å². The van der Waals surface area contributed by atoms with Gasteiger partial charge in [0.15, 0.2) is 0 Å². The molecule has 2 heterocycles. The zero-order valence-electron chi connectivity index (χ0n) is 10.9. The zero-order chi connectivity index (χ0) is 14.0. The van der Waals surface area contributed by atoms with Gasteiger partial charge in [-0.1, -0.05) is 18.3 Å². The smallest absolute Gasteiger partial charge is 0.324 e. The van der Waals surface area contributed by atoms with E-state index in [1.807, 2.05) is 6.92 Å². The number of thiophene rings is 1. The Bertz CT molecular complexity index is 478. The van der Waals surface area contributed by atoms with Gasteiger partial charge in [-0.15, -0.1) is 0 Å². The first kappa shape index (κ1) is 14.0. The summed E-state index contributed by atoms with van der Waals surface area (Å²) in [6.07, 6.45) is 1.01. The molecule has 3 atom stereocenters. The van der Waals surface area contributed by atoms with Gasteiger partial charge < -0.3 is 10.6 Å². The SMILES string of the molecule is CC1CCNC(C)C1NC(=O)c1ccc([N+](=O)[O-])s1. The lowest BCUT2D eigenvalue weighted by Gasteiger charge is -2.35. The lowest BCUT2D eigenvalue weighted by molar-refractivity contribution is -0.380. The van der Waals surface area contributed by atoms with E-state index in [4.69, 9.17) is 0 Å². The second kappa shape index (κ2) is 5.66. The summed E-state index contributed by atoms with van der Waals surface area (Å²) in [7, 11) is 0. The van der Waals surface area contributed by atoms with Crippen LogP contribution in [0, 0.1) is 16.0 Å². The number of rotatable bonds is 3. The van der Waals surface area contributed by atoms with Gasteiger partial charge in [0.2, 0.25) is 0 Å². The Labute approximate surface area is 115 Å². The van der Waals surface area contributed by atoms with Gasteiger partial charge in [0.1, 0.15) is 0 Å². The summed E-state index contributed by atoms with van der Waals surface area (Å²) >= 11 is 0.909. The summed E-state index contributed by atoms with van der Waals surface area (Å²) in [6.45, 7) is 5.11. The van der Waals surface area contributed by atoms with Crippen LogP contribution in [-0.2, 0) is 0 Å². The fourth-order valence-corrected chi connectivity index (χ4v) is 3.10. The molecule has 1 aliphatic rings. The Hall–Kier alpha value is -1.47. The van der Waals surface area contributed by atoms with Crippen LogP contribution in [0.4, 0.5) is 5.00 Å². The van der Waals surface area contributed by atoms with Crippen molar-refractivity contribution in [1.82, 2.24) is 10.6 Å². The summed E-state index contributed by atoms with van der Waals surface area (Å²) < 4.78 is 0. The molecule has 3 unspecified atom stereocenters. The number of piperidine rings is 1. The maximum absolute atomic E-state index is 12.1. The number of amides is 1. The third-order valence-corrected chi connectivity index (χ3v) is 4.55. The van der Waals surface area contributed by atoms with Crippen LogP contribution in [0.15, 0.2) is 12.1 Å². The predicted molar refractivity (Wildman–Crippen MR) is 73.5 cm³/mol. The molecule has 1 saturated heterocycles. The molecule has 2 N–H and O–H groups in total. The molecular weight excluding hydrogens is 266 g/mol. The fraction of sp³-hybridized carbons (Fsp3) is 0.583. The standard InChI is InChI=1S/C12H17N3O3S/c1-7-5-6-13-8(2)11(7)14-12(16)9-3-4-10(19-9)15(17)18/h3-4,7-8,11,13H,5-6H2,1-2H3,(H,14,16). The van der Waals surface area contributed by atoms with Gasteiger partial charge >= 0.3 is 5.00 Å². The van der Waals surface area contributed by atoms with Gasteiger partial charge in [-0.05, 0) is 31.9 Å². The molecule has 2 rings (SSSR count). The van der Waals surface area contributed by atoms with Crippen molar-refractivity contribution in [2.75, 3.05) is 6.54 Å². The zero-order valence-corrected chi connectivity index (χ0v) is 11.7. The average molecular weight is 283 g/mol. The molecular formula is C12H17N3O3S. The van der Waals surface area contributed by atoms with E-state index < -0.39 is 4.92 Å². The van der Waals surface area contributed by atoms with Crippen molar-refractivity contribution in [1.29, 1.82) is 0 Å². The second-order valence-corrected chi connectivity index (χ2v) is 5.97. The van der Waals surface area contributed by atoms with E-state index in [0.717, 1.165) is 24.3 Å². The summed E-state index contributed by atoms with van der Waals surface area (Å²) in [6, 6.07) is 3.14. The van der Waals surface area contributed by atoms with E-state index in [1.165, 1.54) is 12.1 Å². The van der Waals surface area contributed by atoms with Crippen molar-refractivity contribution in [2.45, 2.75) is 32.4 Å². The Morgan fingerprint density at radius 1 is 1.53 bits per heavy atom. The minimum Gasteiger partial charge on any atom is -0.347 e. The van der Waals surface area contributed by atoms with Gasteiger partial charge in [0.05, 0.1) is 9.80 Å². The Balaban J connectivity index is 2.05. The van der Waals surface area contributed by atoms with Crippen LogP contribution in [-0.4, -0.2) is 29.5 Å². The van der Waals surface area contributed by atoms with Crippen LogP contribution in [0.25, 0.3) is 0 Å². The van der Waals surface area contributed by atoms with Crippen molar-refractivity contribution in [3.8, 4) is 0 Å². The lowest BCUT2D eigenvalue weighted by atomic mass is 9.89. The third-order valence-electron chi connectivity index (χ3n) is 3.51. The number of nitrogens with zero attached hydrogens (tertiary/aromatic N) is 1. The molecule has 0 aromatic carbocycles. The second-order valence-electron chi connectivity index (χ2n) is 4.90. The van der Waals surface area contributed by atoms with E-state index in [9.17, 15) is 14.9 Å². The molecule has 0 aliphatic carbocycles. The Kier molecular flexibility index (Phi) is 4.16. The molecule has 6 nitrogen and oxygen atoms in total. The minimum absolute atomic E-state index is 0.00647. The highest BCUT2D eigenvalue weighted by Gasteiger charge is 2.29. The highest BCUT2D eigenvalue weighted by molar-refractivity contribution is 7.17. The van der Waals surface area contributed by atoms with Crippen LogP contribution in [0.3, 0.4) is 0 Å². The summed E-state index contributed by atoms with van der Waals surface area (Å²) in [5.74, 6) is 0.167. The molecule has 1 aliphatic heterocycles. The highest BCUT2D eigenvalue weighted by atomic mass is 32.1. The van der Waals surface area contributed by atoms with E-state index >= 15 is 0 Å². The summed E-state index contributed by atoms with van der Waals surface area (Å²) in [5, 5.41) is 16.9. The van der Waals surface area contributed by atoms with Gasteiger partial charge in [-0.2, -0.15) is 0 Å². The largest absolute Gasteiger partial charge is 0.347 e. The van der Waals surface area contributed by atoms with Crippen LogP contribution in [0.2, 0.25) is 0 Å². The third kappa shape index (κ3) is 3.10. The highest BCUT2D eigenvalue weighted by Crippen LogP contribution is 2.24. The number of hydrogen-bond donors (Lipinski definition) is 2. The first-order valence-electron chi connectivity index (χ1n) is 6.27. The summed E-state index contributed by atoms with van der Waals surface area (Å²) in [5.41, 5.74) is 0. The maximum Gasteiger partial charge on any atom is 0.324 e. The number of nitrogens with one attached hydrogen (secondary N) is 2. The van der Waals surface area contributed by atoms with Crippen LogP contribution in [0.1, 0.15) is 29.9 Å². The molecule has 1 aromatic rings. The fourth-order valence-electron chi connectivity index (χ4n) is 2.38. The molecule has 1 fully saturated rings. The van der Waals surface area contributed by atoms with Crippen LogP contribution >= 0.6 is 11.3 Å². The van der Waals surface area contributed by atoms with E-state index in [1.54, 1.807) is 0 Å². The number of carbonyl (C=O) groups excluding carboxylic acids is 1. The normalized spacial score (nSPS) is 26.9. The van der Waals surface area contributed by atoms with Crippen molar-refractivity contribution in [3.05, 3.63) is 27.1 Å². The van der Waals surface area contributed by atoms with E-state index in [2.05, 4.69) is 17.6 Å². The Morgan fingerprint density at radius 3 is 2.84 bits per heavy atom. The number of nitro groups is 1. The first-order chi connectivity index (χ1) is 8.99. The lowest BCUT2D eigenvalue weighted by Crippen LogP contribution is -2.55. The van der Waals surface area contributed by atoms with E-state index in [0.29, 0.717) is 10.8 Å². The quantitative estimate of drug-likeness (QED) is 0.654. The van der Waals surface area contributed by atoms with Gasteiger partial charge in [-0.3, -0.25) is 14.9 Å². The molecule has 0 saturated carbocycles. The Morgan fingerprint density at radius 2 is 2.26 bits per heavy atom. The van der Waals surface area contributed by atoms with Crippen molar-refractivity contribution < 1.29 is 9.72 Å². The average Bonchev–Trinajstić information content (AvgIpc) is 2.83. The molecule has 104 valence electrons. The molecule has 0 spiro atoms. The first-order valence-corrected chi connectivity index (χ1v) is 7.09. The molecule has 1 aromatic heterocycles. The topological polar surface area (TPSA) is 84.3 Å². The number of hydrogen-bond acceptors (Lipinski definition) is 5.